The Morgan fingerprint density at radius 3 is 1.92 bits per heavy atom. The van der Waals surface area contributed by atoms with Crippen molar-refractivity contribution in [1.82, 2.24) is 0 Å². The lowest BCUT2D eigenvalue weighted by Crippen LogP contribution is -2.04. The van der Waals surface area contributed by atoms with E-state index >= 15 is 0 Å². The summed E-state index contributed by atoms with van der Waals surface area (Å²) in [6.45, 7) is 3.77. The van der Waals surface area contributed by atoms with Crippen LogP contribution in [-0.4, -0.2) is 18.5 Å². The normalized spacial score (nSPS) is 9.58. The second-order valence-electron chi connectivity index (χ2n) is 5.03. The molecule has 0 aliphatic heterocycles. The zero-order valence-electron chi connectivity index (χ0n) is 13.7. The average molecular weight is 322 g/mol. The highest BCUT2D eigenvalue weighted by atomic mass is 16.5. The van der Waals surface area contributed by atoms with Crippen molar-refractivity contribution < 1.29 is 19.1 Å². The molecule has 122 valence electrons. The highest BCUT2D eigenvalue weighted by molar-refractivity contribution is 5.89. The zero-order chi connectivity index (χ0) is 17.4. The van der Waals surface area contributed by atoms with Crippen molar-refractivity contribution in [3.8, 4) is 11.8 Å². The summed E-state index contributed by atoms with van der Waals surface area (Å²) < 4.78 is 9.87. The summed E-state index contributed by atoms with van der Waals surface area (Å²) in [7, 11) is 0. The minimum absolute atomic E-state index is 0.262. The van der Waals surface area contributed by atoms with Crippen molar-refractivity contribution in [2.45, 2.75) is 20.5 Å². The lowest BCUT2D eigenvalue weighted by molar-refractivity contribution is -0.142. The number of benzene rings is 2. The highest BCUT2D eigenvalue weighted by Crippen LogP contribution is 2.07. The van der Waals surface area contributed by atoms with E-state index in [-0.39, 0.29) is 18.5 Å². The van der Waals surface area contributed by atoms with Crippen LogP contribution in [0.2, 0.25) is 0 Å². The molecule has 0 fully saturated rings. The van der Waals surface area contributed by atoms with Crippen LogP contribution in [0.3, 0.4) is 0 Å². The van der Waals surface area contributed by atoms with Crippen LogP contribution < -0.4 is 0 Å². The Labute approximate surface area is 141 Å². The smallest absolute Gasteiger partial charge is 0.338 e. The molecule has 0 amide bonds. The number of hydrogen-bond acceptors (Lipinski definition) is 4. The van der Waals surface area contributed by atoms with E-state index in [0.717, 1.165) is 16.7 Å². The summed E-state index contributed by atoms with van der Waals surface area (Å²) in [6, 6.07) is 14.5. The molecule has 4 nitrogen and oxygen atoms in total. The van der Waals surface area contributed by atoms with Crippen molar-refractivity contribution in [2.75, 3.05) is 6.61 Å². The predicted molar refractivity (Wildman–Crippen MR) is 90.3 cm³/mol. The second kappa shape index (κ2) is 8.54. The van der Waals surface area contributed by atoms with E-state index in [1.165, 1.54) is 6.92 Å². The van der Waals surface area contributed by atoms with Gasteiger partial charge in [0.25, 0.3) is 0 Å². The van der Waals surface area contributed by atoms with Gasteiger partial charge in [-0.05, 0) is 48.9 Å². The first-order chi connectivity index (χ1) is 11.6. The molecule has 24 heavy (non-hydrogen) atoms. The molecule has 0 saturated carbocycles. The molecule has 0 bridgehead atoms. The average Bonchev–Trinajstić information content (AvgIpc) is 2.59. The number of carbonyl (C=O) groups excluding carboxylic acids is 2. The lowest BCUT2D eigenvalue weighted by Gasteiger charge is -2.02. The summed E-state index contributed by atoms with van der Waals surface area (Å²) >= 11 is 0. The molecule has 0 heterocycles. The van der Waals surface area contributed by atoms with Gasteiger partial charge in [-0.15, -0.1) is 0 Å². The van der Waals surface area contributed by atoms with Gasteiger partial charge >= 0.3 is 11.9 Å². The number of carbonyl (C=O) groups is 2. The SMILES string of the molecule is CCOC(=O)c1ccc(C#Cc2ccc(COC(C)=O)cc2)cc1. The van der Waals surface area contributed by atoms with Gasteiger partial charge < -0.3 is 9.47 Å². The first-order valence-corrected chi connectivity index (χ1v) is 7.60. The largest absolute Gasteiger partial charge is 0.462 e. The third-order valence-electron chi connectivity index (χ3n) is 3.14. The number of ether oxygens (including phenoxy) is 2. The summed E-state index contributed by atoms with van der Waals surface area (Å²) in [5, 5.41) is 0. The summed E-state index contributed by atoms with van der Waals surface area (Å²) in [6.07, 6.45) is 0. The van der Waals surface area contributed by atoms with Crippen LogP contribution in [0.1, 0.15) is 40.9 Å². The maximum Gasteiger partial charge on any atom is 0.338 e. The van der Waals surface area contributed by atoms with Crippen LogP contribution in [0.15, 0.2) is 48.5 Å². The predicted octanol–water partition coefficient (Wildman–Crippen LogP) is 3.33. The molecule has 0 saturated heterocycles. The van der Waals surface area contributed by atoms with Crippen molar-refractivity contribution in [3.63, 3.8) is 0 Å². The minimum Gasteiger partial charge on any atom is -0.462 e. The van der Waals surface area contributed by atoms with Gasteiger partial charge in [0.2, 0.25) is 0 Å². The summed E-state index contributed by atoms with van der Waals surface area (Å²) in [4.78, 5) is 22.3. The molecule has 0 aliphatic carbocycles. The lowest BCUT2D eigenvalue weighted by atomic mass is 10.1. The van der Waals surface area contributed by atoms with Crippen LogP contribution in [0.25, 0.3) is 0 Å². The minimum atomic E-state index is -0.333. The topological polar surface area (TPSA) is 52.6 Å². The Bertz CT molecular complexity index is 762. The van der Waals surface area contributed by atoms with Gasteiger partial charge in [-0.1, -0.05) is 24.0 Å². The fraction of sp³-hybridized carbons (Fsp3) is 0.200. The molecule has 2 aromatic carbocycles. The van der Waals surface area contributed by atoms with Gasteiger partial charge in [0, 0.05) is 18.1 Å². The summed E-state index contributed by atoms with van der Waals surface area (Å²) in [5.41, 5.74) is 3.09. The third-order valence-corrected chi connectivity index (χ3v) is 3.14. The fourth-order valence-corrected chi connectivity index (χ4v) is 1.92. The maximum absolute atomic E-state index is 11.6. The first-order valence-electron chi connectivity index (χ1n) is 7.60. The van der Waals surface area contributed by atoms with Crippen molar-refractivity contribution >= 4 is 11.9 Å². The molecule has 0 spiro atoms. The zero-order valence-corrected chi connectivity index (χ0v) is 13.7. The van der Waals surface area contributed by atoms with E-state index in [1.807, 2.05) is 24.3 Å². The molecule has 2 rings (SSSR count). The molecule has 0 aliphatic rings. The Kier molecular flexibility index (Phi) is 6.16. The van der Waals surface area contributed by atoms with Gasteiger partial charge in [-0.2, -0.15) is 0 Å². The fourth-order valence-electron chi connectivity index (χ4n) is 1.92. The van der Waals surface area contributed by atoms with Gasteiger partial charge in [-0.3, -0.25) is 4.79 Å². The second-order valence-corrected chi connectivity index (χ2v) is 5.03. The molecule has 4 heteroatoms. The van der Waals surface area contributed by atoms with E-state index in [0.29, 0.717) is 12.2 Å². The summed E-state index contributed by atoms with van der Waals surface area (Å²) in [5.74, 6) is 5.46. The molecule has 0 unspecified atom stereocenters. The Morgan fingerprint density at radius 2 is 1.42 bits per heavy atom. The standard InChI is InChI=1S/C20H18O4/c1-3-23-20(22)19-12-10-17(11-13-19)5-4-16-6-8-18(9-7-16)14-24-15(2)21/h6-13H,3,14H2,1-2H3. The van der Waals surface area contributed by atoms with E-state index < -0.39 is 0 Å². The quantitative estimate of drug-likeness (QED) is 0.640. The van der Waals surface area contributed by atoms with Gasteiger partial charge in [0.05, 0.1) is 12.2 Å². The van der Waals surface area contributed by atoms with Crippen LogP contribution in [0.5, 0.6) is 0 Å². The van der Waals surface area contributed by atoms with Gasteiger partial charge in [-0.25, -0.2) is 4.79 Å². The molecule has 0 atom stereocenters. The number of hydrogen-bond donors (Lipinski definition) is 0. The Morgan fingerprint density at radius 1 is 0.875 bits per heavy atom. The molecule has 2 aromatic rings. The van der Waals surface area contributed by atoms with Crippen molar-refractivity contribution in [2.24, 2.45) is 0 Å². The van der Waals surface area contributed by atoms with Crippen LogP contribution in [0.4, 0.5) is 0 Å². The van der Waals surface area contributed by atoms with Crippen LogP contribution in [0, 0.1) is 11.8 Å². The van der Waals surface area contributed by atoms with E-state index in [2.05, 4.69) is 11.8 Å². The van der Waals surface area contributed by atoms with Crippen LogP contribution >= 0.6 is 0 Å². The maximum atomic E-state index is 11.6. The first kappa shape index (κ1) is 17.3. The Hall–Kier alpha value is -3.06. The molecule has 0 radical (unpaired) electrons. The molecular weight excluding hydrogens is 304 g/mol. The number of rotatable bonds is 4. The highest BCUT2D eigenvalue weighted by Gasteiger charge is 2.04. The van der Waals surface area contributed by atoms with E-state index in [4.69, 9.17) is 9.47 Å². The third kappa shape index (κ3) is 5.29. The molecular formula is C20H18O4. The van der Waals surface area contributed by atoms with Crippen molar-refractivity contribution in [1.29, 1.82) is 0 Å². The van der Waals surface area contributed by atoms with Gasteiger partial charge in [0.1, 0.15) is 6.61 Å². The molecule has 0 aromatic heterocycles. The number of esters is 2. The monoisotopic (exact) mass is 322 g/mol. The van der Waals surface area contributed by atoms with Gasteiger partial charge in [0.15, 0.2) is 0 Å². The van der Waals surface area contributed by atoms with Crippen LogP contribution in [-0.2, 0) is 20.9 Å². The molecule has 0 N–H and O–H groups in total. The Balaban J connectivity index is 2.01. The van der Waals surface area contributed by atoms with E-state index in [1.54, 1.807) is 31.2 Å². The van der Waals surface area contributed by atoms with E-state index in [9.17, 15) is 9.59 Å². The van der Waals surface area contributed by atoms with Crippen molar-refractivity contribution in [3.05, 3.63) is 70.8 Å².